The average molecular weight is 285 g/mol. The smallest absolute Gasteiger partial charge is 0.251 e. The zero-order chi connectivity index (χ0) is 15.5. The Bertz CT molecular complexity index is 593. The first kappa shape index (κ1) is 15.6. The Hall–Kier alpha value is -1.79. The number of rotatable bonds is 4. The topological polar surface area (TPSA) is 49.3 Å². The van der Waals surface area contributed by atoms with Crippen molar-refractivity contribution in [2.45, 2.75) is 33.6 Å². The minimum absolute atomic E-state index is 0.0268. The summed E-state index contributed by atoms with van der Waals surface area (Å²) in [4.78, 5) is 12.3. The third kappa shape index (κ3) is 3.86. The Kier molecular flexibility index (Phi) is 4.69. The lowest BCUT2D eigenvalue weighted by Gasteiger charge is -2.10. The van der Waals surface area contributed by atoms with Gasteiger partial charge in [0.2, 0.25) is 0 Å². The molecule has 0 saturated heterocycles. The Labute approximate surface area is 126 Å². The number of amides is 1. The van der Waals surface area contributed by atoms with Gasteiger partial charge >= 0.3 is 0 Å². The van der Waals surface area contributed by atoms with Crippen molar-refractivity contribution in [2.75, 3.05) is 13.2 Å². The predicted molar refractivity (Wildman–Crippen MR) is 84.0 cm³/mol. The van der Waals surface area contributed by atoms with Crippen molar-refractivity contribution in [1.82, 2.24) is 5.32 Å². The van der Waals surface area contributed by atoms with Crippen molar-refractivity contribution in [1.29, 1.82) is 0 Å². The molecule has 3 heteroatoms. The normalized spacial score (nSPS) is 18.6. The fourth-order valence-corrected chi connectivity index (χ4v) is 2.47. The van der Waals surface area contributed by atoms with Gasteiger partial charge in [0.05, 0.1) is 6.61 Å². The van der Waals surface area contributed by atoms with E-state index < -0.39 is 0 Å². The highest BCUT2D eigenvalue weighted by Gasteiger charge is 2.45. The fraction of sp³-hybridized carbons (Fsp3) is 0.500. The van der Waals surface area contributed by atoms with Gasteiger partial charge in [-0.2, -0.15) is 0 Å². The number of nitrogens with one attached hydrogen (secondary N) is 1. The van der Waals surface area contributed by atoms with Crippen LogP contribution < -0.4 is 5.32 Å². The van der Waals surface area contributed by atoms with Crippen molar-refractivity contribution >= 4 is 5.91 Å². The number of hydrogen-bond donors (Lipinski definition) is 2. The standard InChI is InChI=1S/C18H23NO2/c1-13-14(7-4-5-10-20)8-6-9-16(13)17(21)19-12-15-11-18(15,2)3/h6,8-9,15,20H,5,10-12H2,1-3H3,(H,19,21). The third-order valence-corrected chi connectivity index (χ3v) is 4.26. The molecule has 0 heterocycles. The molecule has 1 saturated carbocycles. The number of aliphatic hydroxyl groups excluding tert-OH is 1. The number of hydrogen-bond acceptors (Lipinski definition) is 2. The van der Waals surface area contributed by atoms with Crippen LogP contribution in [-0.2, 0) is 0 Å². The summed E-state index contributed by atoms with van der Waals surface area (Å²) in [6.07, 6.45) is 1.63. The van der Waals surface area contributed by atoms with Crippen LogP contribution in [0.15, 0.2) is 18.2 Å². The molecule has 1 fully saturated rings. The highest BCUT2D eigenvalue weighted by atomic mass is 16.2. The molecular formula is C18H23NO2. The minimum atomic E-state index is -0.0268. The molecule has 1 atom stereocenters. The fourth-order valence-electron chi connectivity index (χ4n) is 2.47. The molecule has 1 aliphatic rings. The summed E-state index contributed by atoms with van der Waals surface area (Å²) in [5.74, 6) is 6.47. The third-order valence-electron chi connectivity index (χ3n) is 4.26. The lowest BCUT2D eigenvalue weighted by Crippen LogP contribution is -2.27. The van der Waals surface area contributed by atoms with Gasteiger partial charge < -0.3 is 10.4 Å². The van der Waals surface area contributed by atoms with Crippen LogP contribution in [0.3, 0.4) is 0 Å². The molecule has 0 spiro atoms. The van der Waals surface area contributed by atoms with E-state index in [1.807, 2.05) is 25.1 Å². The molecule has 1 unspecified atom stereocenters. The first-order valence-corrected chi connectivity index (χ1v) is 7.43. The van der Waals surface area contributed by atoms with E-state index in [0.717, 1.165) is 17.7 Å². The summed E-state index contributed by atoms with van der Waals surface area (Å²) >= 11 is 0. The van der Waals surface area contributed by atoms with Gasteiger partial charge in [-0.25, -0.2) is 0 Å². The first-order chi connectivity index (χ1) is 9.95. The van der Waals surface area contributed by atoms with Gasteiger partial charge in [-0.15, -0.1) is 0 Å². The van der Waals surface area contributed by atoms with Crippen molar-refractivity contribution in [3.05, 3.63) is 34.9 Å². The molecule has 3 nitrogen and oxygen atoms in total. The number of carbonyl (C=O) groups excluding carboxylic acids is 1. The van der Waals surface area contributed by atoms with Gasteiger partial charge in [0.15, 0.2) is 0 Å². The predicted octanol–water partition coefficient (Wildman–Crippen LogP) is 2.50. The second-order valence-electron chi connectivity index (χ2n) is 6.35. The zero-order valence-corrected chi connectivity index (χ0v) is 13.0. The Morgan fingerprint density at radius 2 is 2.19 bits per heavy atom. The highest BCUT2D eigenvalue weighted by Crippen LogP contribution is 2.50. The largest absolute Gasteiger partial charge is 0.395 e. The molecule has 21 heavy (non-hydrogen) atoms. The van der Waals surface area contributed by atoms with Crippen LogP contribution in [0.5, 0.6) is 0 Å². The summed E-state index contributed by atoms with van der Waals surface area (Å²) in [7, 11) is 0. The monoisotopic (exact) mass is 285 g/mol. The molecule has 1 amide bonds. The highest BCUT2D eigenvalue weighted by molar-refractivity contribution is 5.96. The van der Waals surface area contributed by atoms with E-state index in [1.165, 1.54) is 6.42 Å². The molecule has 0 bridgehead atoms. The summed E-state index contributed by atoms with van der Waals surface area (Å²) in [6, 6.07) is 5.59. The van der Waals surface area contributed by atoms with Crippen LogP contribution in [0, 0.1) is 30.1 Å². The maximum absolute atomic E-state index is 12.3. The maximum atomic E-state index is 12.3. The van der Waals surface area contributed by atoms with Gasteiger partial charge in [0.25, 0.3) is 5.91 Å². The van der Waals surface area contributed by atoms with Crippen molar-refractivity contribution in [3.63, 3.8) is 0 Å². The Balaban J connectivity index is 2.04. The van der Waals surface area contributed by atoms with Crippen molar-refractivity contribution in [3.8, 4) is 11.8 Å². The van der Waals surface area contributed by atoms with Gasteiger partial charge in [-0.3, -0.25) is 4.79 Å². The summed E-state index contributed by atoms with van der Waals surface area (Å²) in [5, 5.41) is 11.8. The molecular weight excluding hydrogens is 262 g/mol. The average Bonchev–Trinajstić information content (AvgIpc) is 3.06. The quantitative estimate of drug-likeness (QED) is 0.835. The molecule has 0 aliphatic heterocycles. The summed E-state index contributed by atoms with van der Waals surface area (Å²) < 4.78 is 0. The molecule has 1 aliphatic carbocycles. The van der Waals surface area contributed by atoms with Crippen molar-refractivity contribution in [2.24, 2.45) is 11.3 Å². The van der Waals surface area contributed by atoms with Crippen LogP contribution >= 0.6 is 0 Å². The van der Waals surface area contributed by atoms with E-state index in [4.69, 9.17) is 5.11 Å². The SMILES string of the molecule is Cc1c(C#CCCO)cccc1C(=O)NCC1CC1(C)C. The van der Waals surface area contributed by atoms with E-state index in [9.17, 15) is 4.79 Å². The van der Waals surface area contributed by atoms with E-state index in [-0.39, 0.29) is 12.5 Å². The Morgan fingerprint density at radius 3 is 2.81 bits per heavy atom. The second kappa shape index (κ2) is 6.32. The summed E-state index contributed by atoms with van der Waals surface area (Å²) in [6.45, 7) is 7.17. The van der Waals surface area contributed by atoms with E-state index in [1.54, 1.807) is 0 Å². The summed E-state index contributed by atoms with van der Waals surface area (Å²) in [5.41, 5.74) is 2.81. The molecule has 2 N–H and O–H groups in total. The van der Waals surface area contributed by atoms with E-state index >= 15 is 0 Å². The minimum Gasteiger partial charge on any atom is -0.395 e. The van der Waals surface area contributed by atoms with Gasteiger partial charge in [0, 0.05) is 24.1 Å². The zero-order valence-electron chi connectivity index (χ0n) is 13.0. The van der Waals surface area contributed by atoms with E-state index in [2.05, 4.69) is 31.0 Å². The van der Waals surface area contributed by atoms with E-state index in [0.29, 0.717) is 23.3 Å². The second-order valence-corrected chi connectivity index (χ2v) is 6.35. The molecule has 1 aromatic rings. The van der Waals surface area contributed by atoms with Crippen LogP contribution in [0.2, 0.25) is 0 Å². The number of carbonyl (C=O) groups is 1. The van der Waals surface area contributed by atoms with Crippen LogP contribution in [0.25, 0.3) is 0 Å². The van der Waals surface area contributed by atoms with Crippen LogP contribution in [-0.4, -0.2) is 24.2 Å². The number of aliphatic hydroxyl groups is 1. The lowest BCUT2D eigenvalue weighted by atomic mass is 10.0. The van der Waals surface area contributed by atoms with Crippen LogP contribution in [0.1, 0.15) is 48.2 Å². The number of benzene rings is 1. The molecule has 0 radical (unpaired) electrons. The van der Waals surface area contributed by atoms with Gasteiger partial charge in [-0.1, -0.05) is 31.8 Å². The molecule has 112 valence electrons. The Morgan fingerprint density at radius 1 is 1.48 bits per heavy atom. The van der Waals surface area contributed by atoms with Crippen LogP contribution in [0.4, 0.5) is 0 Å². The lowest BCUT2D eigenvalue weighted by molar-refractivity contribution is 0.0950. The van der Waals surface area contributed by atoms with Gasteiger partial charge in [-0.05, 0) is 42.4 Å². The molecule has 1 aromatic carbocycles. The first-order valence-electron chi connectivity index (χ1n) is 7.43. The maximum Gasteiger partial charge on any atom is 0.251 e. The molecule has 0 aromatic heterocycles. The molecule has 2 rings (SSSR count). The van der Waals surface area contributed by atoms with Gasteiger partial charge in [0.1, 0.15) is 0 Å². The van der Waals surface area contributed by atoms with Crippen molar-refractivity contribution < 1.29 is 9.90 Å².